The van der Waals surface area contributed by atoms with Gasteiger partial charge in [0.2, 0.25) is 0 Å². The summed E-state index contributed by atoms with van der Waals surface area (Å²) < 4.78 is 0. The van der Waals surface area contributed by atoms with Crippen LogP contribution in [0.25, 0.3) is 0 Å². The van der Waals surface area contributed by atoms with Gasteiger partial charge >= 0.3 is 0 Å². The van der Waals surface area contributed by atoms with Gasteiger partial charge in [-0.3, -0.25) is 4.79 Å². The highest BCUT2D eigenvalue weighted by Crippen LogP contribution is 2.17. The molecular formula is C20H26ClN2O+. The lowest BCUT2D eigenvalue weighted by molar-refractivity contribution is -0.682. The maximum absolute atomic E-state index is 12.3. The number of carbonyl (C=O) groups excluding carboxylic acids is 1. The summed E-state index contributed by atoms with van der Waals surface area (Å²) in [6.07, 6.45) is 0.877. The highest BCUT2D eigenvalue weighted by atomic mass is 35.5. The van der Waals surface area contributed by atoms with Gasteiger partial charge in [0.05, 0.1) is 6.04 Å². The summed E-state index contributed by atoms with van der Waals surface area (Å²) in [5.41, 5.74) is 3.55. The fourth-order valence-electron chi connectivity index (χ4n) is 2.66. The Morgan fingerprint density at radius 2 is 1.67 bits per heavy atom. The van der Waals surface area contributed by atoms with Crippen molar-refractivity contribution in [3.63, 3.8) is 0 Å². The molecule has 4 heteroatoms. The molecule has 2 aromatic rings. The van der Waals surface area contributed by atoms with Gasteiger partial charge in [0, 0.05) is 10.6 Å². The fourth-order valence-corrected chi connectivity index (χ4v) is 2.79. The van der Waals surface area contributed by atoms with Crippen LogP contribution >= 0.6 is 11.6 Å². The molecule has 0 saturated heterocycles. The van der Waals surface area contributed by atoms with E-state index in [9.17, 15) is 4.79 Å². The maximum Gasteiger partial charge on any atom is 0.275 e. The van der Waals surface area contributed by atoms with Crippen LogP contribution in [-0.2, 0) is 4.79 Å². The minimum Gasteiger partial charge on any atom is -0.344 e. The van der Waals surface area contributed by atoms with Gasteiger partial charge in [-0.15, -0.1) is 0 Å². The van der Waals surface area contributed by atoms with Crippen LogP contribution in [0.4, 0.5) is 0 Å². The molecule has 1 amide bonds. The van der Waals surface area contributed by atoms with Crippen LogP contribution in [0.15, 0.2) is 48.5 Å². The van der Waals surface area contributed by atoms with Gasteiger partial charge in [-0.25, -0.2) is 0 Å². The second-order valence-electron chi connectivity index (χ2n) is 6.22. The lowest BCUT2D eigenvalue weighted by Gasteiger charge is -2.18. The van der Waals surface area contributed by atoms with Crippen LogP contribution < -0.4 is 10.6 Å². The van der Waals surface area contributed by atoms with Crippen LogP contribution in [0.2, 0.25) is 5.02 Å². The van der Waals surface area contributed by atoms with E-state index < -0.39 is 0 Å². The molecule has 0 unspecified atom stereocenters. The molecule has 2 rings (SSSR count). The van der Waals surface area contributed by atoms with E-state index in [1.165, 1.54) is 5.56 Å². The van der Waals surface area contributed by atoms with Crippen molar-refractivity contribution in [3.05, 3.63) is 70.2 Å². The van der Waals surface area contributed by atoms with Crippen molar-refractivity contribution in [1.29, 1.82) is 0 Å². The molecule has 2 aromatic carbocycles. The zero-order valence-electron chi connectivity index (χ0n) is 14.6. The highest BCUT2D eigenvalue weighted by Gasteiger charge is 2.15. The summed E-state index contributed by atoms with van der Waals surface area (Å²) in [5.74, 6) is 0.0586. The molecule has 0 heterocycles. The maximum atomic E-state index is 12.3. The van der Waals surface area contributed by atoms with Gasteiger partial charge in [0.1, 0.15) is 6.04 Å². The number of aryl methyl sites for hydroxylation is 1. The molecule has 0 saturated carbocycles. The molecule has 0 aliphatic rings. The molecule has 0 spiro atoms. The first kappa shape index (κ1) is 18.5. The van der Waals surface area contributed by atoms with E-state index >= 15 is 0 Å². The Hall–Kier alpha value is -1.84. The highest BCUT2D eigenvalue weighted by molar-refractivity contribution is 6.30. The predicted octanol–water partition coefficient (Wildman–Crippen LogP) is 3.54. The summed E-state index contributed by atoms with van der Waals surface area (Å²) >= 11 is 5.91. The van der Waals surface area contributed by atoms with Crippen molar-refractivity contribution in [2.75, 3.05) is 6.54 Å². The Bertz CT molecular complexity index is 652. The van der Waals surface area contributed by atoms with E-state index in [4.69, 9.17) is 11.6 Å². The molecule has 2 atom stereocenters. The number of amides is 1. The summed E-state index contributed by atoms with van der Waals surface area (Å²) in [5, 5.41) is 5.90. The predicted molar refractivity (Wildman–Crippen MR) is 99.0 cm³/mol. The van der Waals surface area contributed by atoms with Gasteiger partial charge in [-0.05, 0) is 38.0 Å². The SMILES string of the molecule is CC[C@@H](NC(=O)C[NH2+][C@H](C)c1ccc(Cl)cc1)c1ccc(C)cc1. The summed E-state index contributed by atoms with van der Waals surface area (Å²) in [4.78, 5) is 12.3. The Labute approximate surface area is 149 Å². The van der Waals surface area contributed by atoms with Crippen molar-refractivity contribution in [2.24, 2.45) is 0 Å². The number of carbonyl (C=O) groups is 1. The lowest BCUT2D eigenvalue weighted by Crippen LogP contribution is -2.87. The van der Waals surface area contributed by atoms with Crippen LogP contribution in [0.3, 0.4) is 0 Å². The third-order valence-electron chi connectivity index (χ3n) is 4.28. The molecule has 3 N–H and O–H groups in total. The Morgan fingerprint density at radius 1 is 1.08 bits per heavy atom. The largest absolute Gasteiger partial charge is 0.344 e. The molecule has 128 valence electrons. The van der Waals surface area contributed by atoms with E-state index in [1.54, 1.807) is 0 Å². The van der Waals surface area contributed by atoms with Gasteiger partial charge in [0.15, 0.2) is 6.54 Å². The van der Waals surface area contributed by atoms with E-state index in [0.29, 0.717) is 6.54 Å². The smallest absolute Gasteiger partial charge is 0.275 e. The summed E-state index contributed by atoms with van der Waals surface area (Å²) in [6, 6.07) is 16.4. The van der Waals surface area contributed by atoms with Gasteiger partial charge in [-0.1, -0.05) is 60.5 Å². The van der Waals surface area contributed by atoms with E-state index in [2.05, 4.69) is 50.4 Å². The van der Waals surface area contributed by atoms with Crippen molar-refractivity contribution >= 4 is 17.5 Å². The molecule has 0 aromatic heterocycles. The fraction of sp³-hybridized carbons (Fsp3) is 0.350. The lowest BCUT2D eigenvalue weighted by atomic mass is 10.0. The zero-order chi connectivity index (χ0) is 17.5. The Morgan fingerprint density at radius 3 is 2.25 bits per heavy atom. The molecule has 0 aliphatic carbocycles. The Balaban J connectivity index is 1.87. The molecule has 0 bridgehead atoms. The quantitative estimate of drug-likeness (QED) is 0.792. The average Bonchev–Trinajstić information content (AvgIpc) is 2.59. The second kappa shape index (κ2) is 8.86. The minimum absolute atomic E-state index is 0.0586. The molecule has 0 fully saturated rings. The number of rotatable bonds is 7. The first-order valence-electron chi connectivity index (χ1n) is 8.44. The number of hydrogen-bond donors (Lipinski definition) is 2. The standard InChI is InChI=1S/C20H25ClN2O/c1-4-19(17-7-5-14(2)6-8-17)23-20(24)13-22-15(3)16-9-11-18(21)12-10-16/h5-12,15,19,22H,4,13H2,1-3H3,(H,23,24)/p+1/t15-,19-/m1/s1. The zero-order valence-corrected chi connectivity index (χ0v) is 15.3. The van der Waals surface area contributed by atoms with Crippen LogP contribution in [-0.4, -0.2) is 12.5 Å². The summed E-state index contributed by atoms with van der Waals surface area (Å²) in [6.45, 7) is 6.65. The number of nitrogens with two attached hydrogens (primary N) is 1. The van der Waals surface area contributed by atoms with Crippen LogP contribution in [0, 0.1) is 6.92 Å². The monoisotopic (exact) mass is 345 g/mol. The van der Waals surface area contributed by atoms with E-state index in [1.807, 2.05) is 29.6 Å². The Kier molecular flexibility index (Phi) is 6.83. The molecule has 24 heavy (non-hydrogen) atoms. The van der Waals surface area contributed by atoms with Gasteiger partial charge < -0.3 is 10.6 Å². The third-order valence-corrected chi connectivity index (χ3v) is 4.53. The summed E-state index contributed by atoms with van der Waals surface area (Å²) in [7, 11) is 0. The van der Waals surface area contributed by atoms with Crippen LogP contribution in [0.1, 0.15) is 49.0 Å². The van der Waals surface area contributed by atoms with Crippen LogP contribution in [0.5, 0.6) is 0 Å². The van der Waals surface area contributed by atoms with Gasteiger partial charge in [-0.2, -0.15) is 0 Å². The van der Waals surface area contributed by atoms with Crippen molar-refractivity contribution in [1.82, 2.24) is 5.32 Å². The van der Waals surface area contributed by atoms with E-state index in [-0.39, 0.29) is 18.0 Å². The topological polar surface area (TPSA) is 45.7 Å². The number of halogens is 1. The first-order valence-corrected chi connectivity index (χ1v) is 8.82. The second-order valence-corrected chi connectivity index (χ2v) is 6.66. The van der Waals surface area contributed by atoms with E-state index in [0.717, 1.165) is 22.6 Å². The molecule has 3 nitrogen and oxygen atoms in total. The average molecular weight is 346 g/mol. The van der Waals surface area contributed by atoms with Crippen molar-refractivity contribution < 1.29 is 10.1 Å². The number of quaternary nitrogens is 1. The minimum atomic E-state index is 0.0586. The van der Waals surface area contributed by atoms with Crippen molar-refractivity contribution in [3.8, 4) is 0 Å². The third kappa shape index (κ3) is 5.36. The number of benzene rings is 2. The number of nitrogens with one attached hydrogen (secondary N) is 1. The van der Waals surface area contributed by atoms with Gasteiger partial charge in [0.25, 0.3) is 5.91 Å². The molecular weight excluding hydrogens is 320 g/mol. The van der Waals surface area contributed by atoms with Crippen molar-refractivity contribution in [2.45, 2.75) is 39.3 Å². The first-order chi connectivity index (χ1) is 11.5. The molecule has 0 aliphatic heterocycles. The normalized spacial score (nSPS) is 13.3. The number of hydrogen-bond acceptors (Lipinski definition) is 1. The molecule has 0 radical (unpaired) electrons.